The first kappa shape index (κ1) is 16.4. The molecule has 1 amide bonds. The second-order valence-corrected chi connectivity index (χ2v) is 6.23. The molecule has 23 heavy (non-hydrogen) atoms. The highest BCUT2D eigenvalue weighted by Gasteiger charge is 2.31. The van der Waals surface area contributed by atoms with Gasteiger partial charge in [0.1, 0.15) is 0 Å². The van der Waals surface area contributed by atoms with Gasteiger partial charge in [0, 0.05) is 45.1 Å². The first-order valence-electron chi connectivity index (χ1n) is 8.40. The van der Waals surface area contributed by atoms with E-state index in [0.29, 0.717) is 25.9 Å². The van der Waals surface area contributed by atoms with Crippen LogP contribution >= 0.6 is 0 Å². The number of nitrogens with zero attached hydrogens (tertiary/aromatic N) is 4. The maximum absolute atomic E-state index is 12.5. The van der Waals surface area contributed by atoms with Gasteiger partial charge in [0.05, 0.1) is 26.4 Å². The first-order chi connectivity index (χ1) is 11.2. The molecule has 2 aliphatic rings. The molecule has 0 saturated carbocycles. The van der Waals surface area contributed by atoms with E-state index < -0.39 is 6.10 Å². The van der Waals surface area contributed by atoms with Crippen molar-refractivity contribution in [1.29, 1.82) is 0 Å². The summed E-state index contributed by atoms with van der Waals surface area (Å²) < 4.78 is 12.8. The molecule has 1 aromatic heterocycles. The number of carbonyl (C=O) groups is 1. The molecule has 7 nitrogen and oxygen atoms in total. The van der Waals surface area contributed by atoms with Crippen molar-refractivity contribution in [2.24, 2.45) is 0 Å². The molecule has 2 saturated heterocycles. The lowest BCUT2D eigenvalue weighted by Gasteiger charge is -2.38. The zero-order valence-electron chi connectivity index (χ0n) is 13.8. The Bertz CT molecular complexity index is 480. The molecule has 0 aliphatic carbocycles. The molecule has 7 heteroatoms. The number of rotatable bonds is 5. The molecule has 1 unspecified atom stereocenters. The summed E-state index contributed by atoms with van der Waals surface area (Å²) >= 11 is 0. The van der Waals surface area contributed by atoms with Crippen LogP contribution in [0, 0.1) is 0 Å². The van der Waals surface area contributed by atoms with Gasteiger partial charge in [-0.05, 0) is 18.9 Å². The number of hydrogen-bond donors (Lipinski definition) is 0. The number of amides is 1. The smallest absolute Gasteiger partial charge is 0.254 e. The van der Waals surface area contributed by atoms with Crippen LogP contribution in [-0.2, 0) is 20.8 Å². The number of likely N-dealkylation sites (N-methyl/N-ethyl adjacent to an activating group) is 1. The highest BCUT2D eigenvalue weighted by Crippen LogP contribution is 2.17. The molecule has 0 spiro atoms. The Labute approximate surface area is 137 Å². The highest BCUT2D eigenvalue weighted by atomic mass is 16.6. The lowest BCUT2D eigenvalue weighted by Crippen LogP contribution is -2.51. The Hall–Kier alpha value is -1.44. The van der Waals surface area contributed by atoms with Crippen LogP contribution < -0.4 is 0 Å². The Morgan fingerprint density at radius 2 is 2.13 bits per heavy atom. The summed E-state index contributed by atoms with van der Waals surface area (Å²) in [5.74, 6) is 0.0553. The minimum absolute atomic E-state index is 0.0553. The van der Waals surface area contributed by atoms with E-state index in [4.69, 9.17) is 9.47 Å². The largest absolute Gasteiger partial charge is 0.376 e. The lowest BCUT2D eigenvalue weighted by atomic mass is 10.0. The molecule has 2 aliphatic heterocycles. The summed E-state index contributed by atoms with van der Waals surface area (Å²) in [6, 6.07) is 2.25. The van der Waals surface area contributed by atoms with Crippen LogP contribution in [0.5, 0.6) is 0 Å². The number of carbonyl (C=O) groups excluding carboxylic acids is 1. The molecule has 1 atom stereocenters. The van der Waals surface area contributed by atoms with Gasteiger partial charge in [-0.15, -0.1) is 0 Å². The van der Waals surface area contributed by atoms with Gasteiger partial charge in [-0.2, -0.15) is 5.10 Å². The maximum Gasteiger partial charge on any atom is 0.254 e. The van der Waals surface area contributed by atoms with E-state index in [-0.39, 0.29) is 5.91 Å². The van der Waals surface area contributed by atoms with Crippen molar-refractivity contribution in [3.05, 3.63) is 18.5 Å². The Balaban J connectivity index is 1.41. The fourth-order valence-corrected chi connectivity index (χ4v) is 3.24. The Morgan fingerprint density at radius 3 is 2.78 bits per heavy atom. The van der Waals surface area contributed by atoms with Gasteiger partial charge in [-0.1, -0.05) is 0 Å². The van der Waals surface area contributed by atoms with E-state index >= 15 is 0 Å². The van der Waals surface area contributed by atoms with Gasteiger partial charge in [0.2, 0.25) is 0 Å². The number of aromatic nitrogens is 2. The molecule has 2 fully saturated rings. The van der Waals surface area contributed by atoms with Crippen molar-refractivity contribution in [3.63, 3.8) is 0 Å². The third-order valence-electron chi connectivity index (χ3n) is 4.75. The summed E-state index contributed by atoms with van der Waals surface area (Å²) in [7, 11) is 1.89. The van der Waals surface area contributed by atoms with Crippen LogP contribution in [0.4, 0.5) is 0 Å². The third kappa shape index (κ3) is 4.31. The Morgan fingerprint density at radius 1 is 1.30 bits per heavy atom. The normalized spacial score (nSPS) is 23.8. The van der Waals surface area contributed by atoms with Gasteiger partial charge >= 0.3 is 0 Å². The van der Waals surface area contributed by atoms with Crippen molar-refractivity contribution >= 4 is 5.91 Å². The second kappa shape index (κ2) is 7.90. The van der Waals surface area contributed by atoms with E-state index in [1.807, 2.05) is 35.1 Å². The van der Waals surface area contributed by atoms with E-state index in [1.54, 1.807) is 0 Å². The maximum atomic E-state index is 12.5. The summed E-state index contributed by atoms with van der Waals surface area (Å²) in [4.78, 5) is 16.8. The van der Waals surface area contributed by atoms with Crippen LogP contribution in [0.2, 0.25) is 0 Å². The minimum atomic E-state index is -0.424. The van der Waals surface area contributed by atoms with Crippen molar-refractivity contribution in [1.82, 2.24) is 19.6 Å². The van der Waals surface area contributed by atoms with E-state index in [2.05, 4.69) is 10.00 Å². The van der Waals surface area contributed by atoms with Crippen LogP contribution in [0.3, 0.4) is 0 Å². The lowest BCUT2D eigenvalue weighted by molar-refractivity contribution is -0.159. The zero-order valence-corrected chi connectivity index (χ0v) is 13.8. The molecular formula is C16H26N4O3. The average molecular weight is 322 g/mol. The van der Waals surface area contributed by atoms with Crippen molar-refractivity contribution in [3.8, 4) is 0 Å². The van der Waals surface area contributed by atoms with Gasteiger partial charge in [-0.25, -0.2) is 0 Å². The second-order valence-electron chi connectivity index (χ2n) is 6.23. The monoisotopic (exact) mass is 322 g/mol. The number of ether oxygens (including phenoxy) is 2. The first-order valence-corrected chi connectivity index (χ1v) is 8.40. The van der Waals surface area contributed by atoms with Gasteiger partial charge in [0.15, 0.2) is 6.10 Å². The molecule has 3 heterocycles. The van der Waals surface area contributed by atoms with Crippen LogP contribution in [0.25, 0.3) is 0 Å². The fourth-order valence-electron chi connectivity index (χ4n) is 3.24. The van der Waals surface area contributed by atoms with E-state index in [1.165, 1.54) is 0 Å². The molecule has 128 valence electrons. The van der Waals surface area contributed by atoms with Crippen molar-refractivity contribution in [2.45, 2.75) is 31.5 Å². The molecule has 0 bridgehead atoms. The fraction of sp³-hybridized carbons (Fsp3) is 0.750. The SMILES string of the molecule is CN(C(=O)C1COCCO1)C1CCN(CCn2cccn2)CC1. The van der Waals surface area contributed by atoms with E-state index in [9.17, 15) is 4.79 Å². The predicted octanol–water partition coefficient (Wildman–Crippen LogP) is 0.221. The molecular weight excluding hydrogens is 296 g/mol. The number of hydrogen-bond acceptors (Lipinski definition) is 5. The van der Waals surface area contributed by atoms with Gasteiger partial charge in [-0.3, -0.25) is 9.48 Å². The molecule has 1 aromatic rings. The highest BCUT2D eigenvalue weighted by molar-refractivity contribution is 5.81. The zero-order chi connectivity index (χ0) is 16.1. The van der Waals surface area contributed by atoms with Crippen LogP contribution in [0.15, 0.2) is 18.5 Å². The number of piperidine rings is 1. The summed E-state index contributed by atoms with van der Waals surface area (Å²) in [5.41, 5.74) is 0. The van der Waals surface area contributed by atoms with Gasteiger partial charge < -0.3 is 19.3 Å². The summed E-state index contributed by atoms with van der Waals surface area (Å²) in [5, 5.41) is 4.23. The average Bonchev–Trinajstić information content (AvgIpc) is 3.13. The molecule has 3 rings (SSSR count). The third-order valence-corrected chi connectivity index (χ3v) is 4.75. The predicted molar refractivity (Wildman–Crippen MR) is 85.0 cm³/mol. The summed E-state index contributed by atoms with van der Waals surface area (Å²) in [6.45, 7) is 5.44. The molecule has 0 N–H and O–H groups in total. The van der Waals surface area contributed by atoms with Crippen LogP contribution in [-0.4, -0.2) is 84.1 Å². The molecule has 0 aromatic carbocycles. The standard InChI is InChI=1S/C16H26N4O3/c1-18(16(21)15-13-22-11-12-23-15)14-3-7-19(8-4-14)9-10-20-6-2-5-17-20/h2,5-6,14-15H,3-4,7-13H2,1H3. The van der Waals surface area contributed by atoms with E-state index in [0.717, 1.165) is 39.0 Å². The quantitative estimate of drug-likeness (QED) is 0.776. The minimum Gasteiger partial charge on any atom is -0.376 e. The number of likely N-dealkylation sites (tertiary alicyclic amines) is 1. The van der Waals surface area contributed by atoms with Crippen molar-refractivity contribution < 1.29 is 14.3 Å². The van der Waals surface area contributed by atoms with Gasteiger partial charge in [0.25, 0.3) is 5.91 Å². The van der Waals surface area contributed by atoms with Crippen molar-refractivity contribution in [2.75, 3.05) is 46.5 Å². The van der Waals surface area contributed by atoms with Crippen LogP contribution in [0.1, 0.15) is 12.8 Å². The molecule has 0 radical (unpaired) electrons. The topological polar surface area (TPSA) is 59.8 Å². The summed E-state index contributed by atoms with van der Waals surface area (Å²) in [6.07, 6.45) is 5.39. The Kier molecular flexibility index (Phi) is 5.64.